The molecule has 1 aromatic carbocycles. The minimum absolute atomic E-state index is 0.171. The highest BCUT2D eigenvalue weighted by Gasteiger charge is 2.36. The smallest absolute Gasteiger partial charge is 0.417 e. The lowest BCUT2D eigenvalue weighted by Crippen LogP contribution is -2.44. The summed E-state index contributed by atoms with van der Waals surface area (Å²) in [6.45, 7) is 3.09. The second kappa shape index (κ2) is 6.46. The molecule has 0 heterocycles. The first kappa shape index (κ1) is 17.5. The van der Waals surface area contributed by atoms with Crippen LogP contribution in [-0.4, -0.2) is 23.0 Å². The number of benzene rings is 1. The van der Waals surface area contributed by atoms with Crippen molar-refractivity contribution in [1.29, 1.82) is 0 Å². The van der Waals surface area contributed by atoms with E-state index in [4.69, 9.17) is 5.11 Å². The van der Waals surface area contributed by atoms with E-state index in [1.165, 1.54) is 6.07 Å². The number of nitrogens with one attached hydrogen (secondary N) is 1. The molecule has 0 spiro atoms. The van der Waals surface area contributed by atoms with Crippen molar-refractivity contribution < 1.29 is 27.9 Å². The average molecular weight is 368 g/mol. The van der Waals surface area contributed by atoms with Gasteiger partial charge in [-0.2, -0.15) is 13.2 Å². The van der Waals surface area contributed by atoms with Gasteiger partial charge in [0, 0.05) is 4.47 Å². The number of carbonyl (C=O) groups is 2. The summed E-state index contributed by atoms with van der Waals surface area (Å²) in [5.41, 5.74) is -1.74. The minimum Gasteiger partial charge on any atom is -0.480 e. The zero-order valence-corrected chi connectivity index (χ0v) is 12.7. The van der Waals surface area contributed by atoms with Gasteiger partial charge in [0.25, 0.3) is 5.91 Å². The molecule has 0 unspecified atom stereocenters. The van der Waals surface area contributed by atoms with E-state index in [1.807, 2.05) is 0 Å². The molecule has 1 rings (SSSR count). The zero-order valence-electron chi connectivity index (χ0n) is 11.2. The van der Waals surface area contributed by atoms with Crippen LogP contribution in [0.4, 0.5) is 13.2 Å². The molecule has 8 heteroatoms. The summed E-state index contributed by atoms with van der Waals surface area (Å²) in [5, 5.41) is 11.1. The number of aliphatic carboxylic acids is 1. The third-order valence-electron chi connectivity index (χ3n) is 2.75. The zero-order chi connectivity index (χ0) is 16.4. The molecule has 0 aliphatic carbocycles. The van der Waals surface area contributed by atoms with Crippen LogP contribution in [0.5, 0.6) is 0 Å². The number of halogens is 4. The predicted molar refractivity (Wildman–Crippen MR) is 72.9 cm³/mol. The summed E-state index contributed by atoms with van der Waals surface area (Å²) in [6.07, 6.45) is -4.72. The summed E-state index contributed by atoms with van der Waals surface area (Å²) < 4.78 is 38.9. The number of rotatable bonds is 4. The normalized spacial score (nSPS) is 13.1. The molecule has 21 heavy (non-hydrogen) atoms. The maximum atomic E-state index is 12.9. The number of carbonyl (C=O) groups excluding carboxylic acids is 1. The Bertz CT molecular complexity index is 558. The van der Waals surface area contributed by atoms with Gasteiger partial charge in [-0.1, -0.05) is 29.8 Å². The SMILES string of the molecule is CC(C)[C@@H](NC(=O)c1ccc(Br)cc1C(F)(F)F)C(=O)O. The Kier molecular flexibility index (Phi) is 5.38. The summed E-state index contributed by atoms with van der Waals surface area (Å²) in [4.78, 5) is 23.0. The molecule has 0 saturated heterocycles. The van der Waals surface area contributed by atoms with Gasteiger partial charge < -0.3 is 10.4 Å². The van der Waals surface area contributed by atoms with E-state index in [1.54, 1.807) is 13.8 Å². The molecule has 0 aliphatic rings. The van der Waals surface area contributed by atoms with Crippen LogP contribution in [-0.2, 0) is 11.0 Å². The second-order valence-corrected chi connectivity index (χ2v) is 5.64. The van der Waals surface area contributed by atoms with Gasteiger partial charge in [-0.3, -0.25) is 4.79 Å². The van der Waals surface area contributed by atoms with Crippen molar-refractivity contribution in [1.82, 2.24) is 5.32 Å². The predicted octanol–water partition coefficient (Wildman–Crippen LogP) is 3.31. The summed E-state index contributed by atoms with van der Waals surface area (Å²) in [5.74, 6) is -2.84. The van der Waals surface area contributed by atoms with Gasteiger partial charge in [-0.25, -0.2) is 4.79 Å². The Balaban J connectivity index is 3.16. The van der Waals surface area contributed by atoms with Crippen molar-refractivity contribution in [3.05, 3.63) is 33.8 Å². The van der Waals surface area contributed by atoms with E-state index in [-0.39, 0.29) is 4.47 Å². The number of carboxylic acids is 1. The van der Waals surface area contributed by atoms with E-state index in [0.29, 0.717) is 0 Å². The molecule has 0 aliphatic heterocycles. The number of carboxylic acid groups (broad SMARTS) is 1. The van der Waals surface area contributed by atoms with Crippen molar-refractivity contribution in [2.45, 2.75) is 26.1 Å². The maximum Gasteiger partial charge on any atom is 0.417 e. The molecule has 0 saturated carbocycles. The van der Waals surface area contributed by atoms with E-state index >= 15 is 0 Å². The highest BCUT2D eigenvalue weighted by Crippen LogP contribution is 2.33. The fraction of sp³-hybridized carbons (Fsp3) is 0.385. The topological polar surface area (TPSA) is 66.4 Å². The molecule has 1 aromatic rings. The first-order chi connectivity index (χ1) is 9.54. The van der Waals surface area contributed by atoms with Crippen LogP contribution in [0.3, 0.4) is 0 Å². The van der Waals surface area contributed by atoms with Crippen molar-refractivity contribution in [3.63, 3.8) is 0 Å². The van der Waals surface area contributed by atoms with Crippen LogP contribution in [0.2, 0.25) is 0 Å². The van der Waals surface area contributed by atoms with E-state index in [9.17, 15) is 22.8 Å². The van der Waals surface area contributed by atoms with E-state index < -0.39 is 41.1 Å². The molecule has 2 N–H and O–H groups in total. The van der Waals surface area contributed by atoms with Gasteiger partial charge in [0.1, 0.15) is 6.04 Å². The average Bonchev–Trinajstić information content (AvgIpc) is 2.33. The highest BCUT2D eigenvalue weighted by molar-refractivity contribution is 9.10. The van der Waals surface area contributed by atoms with Crippen LogP contribution >= 0.6 is 15.9 Å². The molecule has 1 atom stereocenters. The fourth-order valence-corrected chi connectivity index (χ4v) is 2.04. The molecule has 0 radical (unpaired) electrons. The van der Waals surface area contributed by atoms with Crippen molar-refractivity contribution >= 4 is 27.8 Å². The van der Waals surface area contributed by atoms with Gasteiger partial charge in [0.15, 0.2) is 0 Å². The van der Waals surface area contributed by atoms with Crippen molar-refractivity contribution in [2.24, 2.45) is 5.92 Å². The van der Waals surface area contributed by atoms with Crippen LogP contribution in [0, 0.1) is 5.92 Å². The van der Waals surface area contributed by atoms with Gasteiger partial charge >= 0.3 is 12.1 Å². The van der Waals surface area contributed by atoms with E-state index in [2.05, 4.69) is 21.2 Å². The maximum absolute atomic E-state index is 12.9. The third-order valence-corrected chi connectivity index (χ3v) is 3.24. The number of amides is 1. The lowest BCUT2D eigenvalue weighted by atomic mass is 10.0. The first-order valence-corrected chi connectivity index (χ1v) is 6.73. The van der Waals surface area contributed by atoms with Crippen LogP contribution < -0.4 is 5.32 Å². The quantitative estimate of drug-likeness (QED) is 0.857. The Morgan fingerprint density at radius 3 is 2.29 bits per heavy atom. The lowest BCUT2D eigenvalue weighted by Gasteiger charge is -2.19. The molecule has 116 valence electrons. The van der Waals surface area contributed by atoms with Gasteiger partial charge in [0.2, 0.25) is 0 Å². The Morgan fingerprint density at radius 1 is 1.29 bits per heavy atom. The molecular weight excluding hydrogens is 355 g/mol. The highest BCUT2D eigenvalue weighted by atomic mass is 79.9. The summed E-state index contributed by atoms with van der Waals surface area (Å²) >= 11 is 2.91. The van der Waals surface area contributed by atoms with Gasteiger partial charge in [-0.15, -0.1) is 0 Å². The summed E-state index contributed by atoms with van der Waals surface area (Å²) in [6, 6.07) is 1.80. The van der Waals surface area contributed by atoms with Crippen LogP contribution in [0.25, 0.3) is 0 Å². The van der Waals surface area contributed by atoms with Crippen LogP contribution in [0.15, 0.2) is 22.7 Å². The summed E-state index contributed by atoms with van der Waals surface area (Å²) in [7, 11) is 0. The van der Waals surface area contributed by atoms with Crippen LogP contribution in [0.1, 0.15) is 29.8 Å². The Labute approximate surface area is 127 Å². The number of hydrogen-bond donors (Lipinski definition) is 2. The third kappa shape index (κ3) is 4.45. The second-order valence-electron chi connectivity index (χ2n) is 4.72. The van der Waals surface area contributed by atoms with Gasteiger partial charge in [0.05, 0.1) is 11.1 Å². The lowest BCUT2D eigenvalue weighted by molar-refractivity contribution is -0.140. The number of hydrogen-bond acceptors (Lipinski definition) is 2. The molecular formula is C13H13BrF3NO3. The Morgan fingerprint density at radius 2 is 1.86 bits per heavy atom. The van der Waals surface area contributed by atoms with E-state index in [0.717, 1.165) is 12.1 Å². The first-order valence-electron chi connectivity index (χ1n) is 5.94. The number of alkyl halides is 3. The Hall–Kier alpha value is -1.57. The standard InChI is InChI=1S/C13H13BrF3NO3/c1-6(2)10(12(20)21)18-11(19)8-4-3-7(14)5-9(8)13(15,16)17/h3-6,10H,1-2H3,(H,18,19)(H,20,21)/t10-/m1/s1. The molecule has 4 nitrogen and oxygen atoms in total. The molecule has 0 bridgehead atoms. The molecule has 1 amide bonds. The molecule has 0 fully saturated rings. The largest absolute Gasteiger partial charge is 0.480 e. The van der Waals surface area contributed by atoms with Crippen molar-refractivity contribution in [3.8, 4) is 0 Å². The monoisotopic (exact) mass is 367 g/mol. The minimum atomic E-state index is -4.72. The molecule has 0 aromatic heterocycles. The fourth-order valence-electron chi connectivity index (χ4n) is 1.68. The van der Waals surface area contributed by atoms with Crippen molar-refractivity contribution in [2.75, 3.05) is 0 Å². The van der Waals surface area contributed by atoms with Gasteiger partial charge in [-0.05, 0) is 24.1 Å².